The first-order valence-electron chi connectivity index (χ1n) is 6.18. The number of nitrogens with two attached hydrogens (primary N) is 1. The van der Waals surface area contributed by atoms with Crippen LogP contribution in [0.5, 0.6) is 5.75 Å². The summed E-state index contributed by atoms with van der Waals surface area (Å²) in [5.74, 6) is 2.09. The Morgan fingerprint density at radius 2 is 2.19 bits per heavy atom. The topological polar surface area (TPSA) is 35.2 Å². The van der Waals surface area contributed by atoms with Gasteiger partial charge < -0.3 is 10.5 Å². The van der Waals surface area contributed by atoms with Crippen molar-refractivity contribution in [2.45, 2.75) is 32.6 Å². The summed E-state index contributed by atoms with van der Waals surface area (Å²) in [6, 6.07) is 6.50. The van der Waals surface area contributed by atoms with E-state index in [1.54, 1.807) is 0 Å². The van der Waals surface area contributed by atoms with Crippen LogP contribution in [-0.4, -0.2) is 13.2 Å². The number of ether oxygens (including phenoxy) is 1. The average molecular weight is 219 g/mol. The molecule has 1 heterocycles. The van der Waals surface area contributed by atoms with Crippen LogP contribution in [0, 0.1) is 5.92 Å². The van der Waals surface area contributed by atoms with Gasteiger partial charge >= 0.3 is 0 Å². The predicted octanol–water partition coefficient (Wildman–Crippen LogP) is 2.71. The molecule has 0 bridgehead atoms. The van der Waals surface area contributed by atoms with Crippen LogP contribution in [0.2, 0.25) is 0 Å². The van der Waals surface area contributed by atoms with Gasteiger partial charge in [0.15, 0.2) is 0 Å². The molecule has 16 heavy (non-hydrogen) atoms. The van der Waals surface area contributed by atoms with E-state index in [1.807, 2.05) is 0 Å². The van der Waals surface area contributed by atoms with Crippen molar-refractivity contribution >= 4 is 0 Å². The van der Waals surface area contributed by atoms with Crippen LogP contribution in [0.3, 0.4) is 0 Å². The fourth-order valence-electron chi connectivity index (χ4n) is 2.28. The molecule has 0 radical (unpaired) electrons. The van der Waals surface area contributed by atoms with Gasteiger partial charge in [0.1, 0.15) is 5.75 Å². The van der Waals surface area contributed by atoms with Crippen LogP contribution in [0.4, 0.5) is 0 Å². The highest BCUT2D eigenvalue weighted by atomic mass is 16.5. The van der Waals surface area contributed by atoms with Crippen molar-refractivity contribution in [2.24, 2.45) is 11.7 Å². The summed E-state index contributed by atoms with van der Waals surface area (Å²) in [5, 5.41) is 0. The Morgan fingerprint density at radius 1 is 1.38 bits per heavy atom. The molecule has 2 atom stereocenters. The first-order chi connectivity index (χ1) is 7.74. The van der Waals surface area contributed by atoms with E-state index < -0.39 is 0 Å². The highest BCUT2D eigenvalue weighted by molar-refractivity contribution is 5.44. The van der Waals surface area contributed by atoms with Crippen LogP contribution >= 0.6 is 0 Å². The average Bonchev–Trinajstić information content (AvgIpc) is 2.36. The highest BCUT2D eigenvalue weighted by Gasteiger charge is 2.21. The van der Waals surface area contributed by atoms with E-state index in [9.17, 15) is 0 Å². The van der Waals surface area contributed by atoms with Crippen molar-refractivity contribution in [3.63, 3.8) is 0 Å². The molecule has 1 aliphatic heterocycles. The Bertz CT molecular complexity index is 362. The molecule has 0 aromatic heterocycles. The zero-order chi connectivity index (χ0) is 11.5. The molecule has 0 saturated heterocycles. The number of rotatable bonds is 3. The minimum Gasteiger partial charge on any atom is -0.493 e. The van der Waals surface area contributed by atoms with E-state index >= 15 is 0 Å². The van der Waals surface area contributed by atoms with E-state index in [1.165, 1.54) is 11.1 Å². The van der Waals surface area contributed by atoms with Crippen LogP contribution < -0.4 is 10.5 Å². The molecule has 1 aromatic rings. The molecular formula is C14H21NO. The van der Waals surface area contributed by atoms with Crippen LogP contribution in [0.25, 0.3) is 0 Å². The SMILES string of the molecule is CC(CN)C(C)c1cccc2c1OCCC2. The van der Waals surface area contributed by atoms with Crippen LogP contribution in [0.1, 0.15) is 37.3 Å². The lowest BCUT2D eigenvalue weighted by Gasteiger charge is -2.26. The Labute approximate surface area is 97.8 Å². The van der Waals surface area contributed by atoms with E-state index in [0.717, 1.165) is 31.7 Å². The Balaban J connectivity index is 2.33. The molecule has 2 N–H and O–H groups in total. The summed E-state index contributed by atoms with van der Waals surface area (Å²) in [6.07, 6.45) is 2.28. The largest absolute Gasteiger partial charge is 0.493 e. The molecule has 0 aliphatic carbocycles. The fourth-order valence-corrected chi connectivity index (χ4v) is 2.28. The fraction of sp³-hybridized carbons (Fsp3) is 0.571. The third-order valence-corrected chi connectivity index (χ3v) is 3.68. The quantitative estimate of drug-likeness (QED) is 0.848. The van der Waals surface area contributed by atoms with Gasteiger partial charge in [0.05, 0.1) is 6.61 Å². The highest BCUT2D eigenvalue weighted by Crippen LogP contribution is 2.36. The summed E-state index contributed by atoms with van der Waals surface area (Å²) < 4.78 is 5.83. The minimum absolute atomic E-state index is 0.470. The van der Waals surface area contributed by atoms with Gasteiger partial charge in [-0.15, -0.1) is 0 Å². The number of para-hydroxylation sites is 1. The van der Waals surface area contributed by atoms with E-state index in [-0.39, 0.29) is 0 Å². The van der Waals surface area contributed by atoms with E-state index in [4.69, 9.17) is 10.5 Å². The molecule has 2 rings (SSSR count). The molecule has 2 nitrogen and oxygen atoms in total. The number of hydrogen-bond acceptors (Lipinski definition) is 2. The monoisotopic (exact) mass is 219 g/mol. The van der Waals surface area contributed by atoms with E-state index in [0.29, 0.717) is 11.8 Å². The van der Waals surface area contributed by atoms with Gasteiger partial charge in [-0.25, -0.2) is 0 Å². The minimum atomic E-state index is 0.470. The van der Waals surface area contributed by atoms with Crippen molar-refractivity contribution < 1.29 is 4.74 Å². The molecule has 0 fully saturated rings. The first-order valence-corrected chi connectivity index (χ1v) is 6.18. The van der Waals surface area contributed by atoms with Crippen LogP contribution in [0.15, 0.2) is 18.2 Å². The maximum Gasteiger partial charge on any atom is 0.125 e. The van der Waals surface area contributed by atoms with Crippen molar-refractivity contribution in [1.82, 2.24) is 0 Å². The van der Waals surface area contributed by atoms with Crippen molar-refractivity contribution in [3.05, 3.63) is 29.3 Å². The lowest BCUT2D eigenvalue weighted by Crippen LogP contribution is -2.19. The van der Waals surface area contributed by atoms with Gasteiger partial charge in [-0.05, 0) is 42.3 Å². The van der Waals surface area contributed by atoms with Gasteiger partial charge in [-0.2, -0.15) is 0 Å². The van der Waals surface area contributed by atoms with Crippen molar-refractivity contribution in [1.29, 1.82) is 0 Å². The number of fused-ring (bicyclic) bond motifs is 1. The lowest BCUT2D eigenvalue weighted by molar-refractivity contribution is 0.281. The van der Waals surface area contributed by atoms with Gasteiger partial charge in [0.25, 0.3) is 0 Å². The Kier molecular flexibility index (Phi) is 3.49. The van der Waals surface area contributed by atoms with Gasteiger partial charge in [0.2, 0.25) is 0 Å². The normalized spacial score (nSPS) is 18.4. The standard InChI is InChI=1S/C14H21NO/c1-10(9-15)11(2)13-7-3-5-12-6-4-8-16-14(12)13/h3,5,7,10-11H,4,6,8-9,15H2,1-2H3. The second-order valence-electron chi connectivity index (χ2n) is 4.79. The number of hydrogen-bond donors (Lipinski definition) is 1. The van der Waals surface area contributed by atoms with Crippen molar-refractivity contribution in [2.75, 3.05) is 13.2 Å². The summed E-state index contributed by atoms with van der Waals surface area (Å²) in [6.45, 7) is 6.02. The van der Waals surface area contributed by atoms with Crippen molar-refractivity contribution in [3.8, 4) is 5.75 Å². The first kappa shape index (κ1) is 11.5. The molecule has 88 valence electrons. The third-order valence-electron chi connectivity index (χ3n) is 3.68. The molecule has 0 amide bonds. The summed E-state index contributed by atoms with van der Waals surface area (Å²) in [5.41, 5.74) is 8.44. The molecule has 2 unspecified atom stereocenters. The van der Waals surface area contributed by atoms with E-state index in [2.05, 4.69) is 32.0 Å². The number of benzene rings is 1. The molecule has 0 spiro atoms. The Hall–Kier alpha value is -1.02. The van der Waals surface area contributed by atoms with Gasteiger partial charge in [0, 0.05) is 0 Å². The zero-order valence-electron chi connectivity index (χ0n) is 10.2. The van der Waals surface area contributed by atoms with Crippen LogP contribution in [-0.2, 0) is 6.42 Å². The summed E-state index contributed by atoms with van der Waals surface area (Å²) in [7, 11) is 0. The molecular weight excluding hydrogens is 198 g/mol. The second kappa shape index (κ2) is 4.88. The summed E-state index contributed by atoms with van der Waals surface area (Å²) >= 11 is 0. The molecule has 1 aromatic carbocycles. The molecule has 1 aliphatic rings. The summed E-state index contributed by atoms with van der Waals surface area (Å²) in [4.78, 5) is 0. The zero-order valence-corrected chi connectivity index (χ0v) is 10.2. The maximum atomic E-state index is 5.83. The lowest BCUT2D eigenvalue weighted by atomic mass is 9.86. The predicted molar refractivity (Wildman–Crippen MR) is 66.9 cm³/mol. The smallest absolute Gasteiger partial charge is 0.125 e. The number of aryl methyl sites for hydroxylation is 1. The van der Waals surface area contributed by atoms with Gasteiger partial charge in [-0.1, -0.05) is 32.0 Å². The Morgan fingerprint density at radius 3 is 2.94 bits per heavy atom. The maximum absolute atomic E-state index is 5.83. The van der Waals surface area contributed by atoms with Gasteiger partial charge in [-0.3, -0.25) is 0 Å². The third kappa shape index (κ3) is 2.07. The molecule has 2 heteroatoms. The molecule has 0 saturated carbocycles. The second-order valence-corrected chi connectivity index (χ2v) is 4.79.